The summed E-state index contributed by atoms with van der Waals surface area (Å²) in [6.45, 7) is 4.44. The van der Waals surface area contributed by atoms with Gasteiger partial charge in [-0.25, -0.2) is 0 Å². The molecule has 2 aliphatic carbocycles. The van der Waals surface area contributed by atoms with Crippen molar-refractivity contribution in [2.45, 2.75) is 26.2 Å². The van der Waals surface area contributed by atoms with Crippen molar-refractivity contribution in [3.05, 3.63) is 48.0 Å². The highest BCUT2D eigenvalue weighted by molar-refractivity contribution is 6.06. The first-order valence-corrected chi connectivity index (χ1v) is 10.8. The van der Waals surface area contributed by atoms with Gasteiger partial charge < -0.3 is 10.6 Å². The van der Waals surface area contributed by atoms with E-state index in [0.29, 0.717) is 13.1 Å². The van der Waals surface area contributed by atoms with Crippen molar-refractivity contribution < 1.29 is 9.59 Å². The second kappa shape index (κ2) is 8.80. The Balaban J connectivity index is 1.24. The molecule has 2 N–H and O–H groups in total. The van der Waals surface area contributed by atoms with Gasteiger partial charge in [-0.05, 0) is 43.6 Å². The predicted octanol–water partition coefficient (Wildman–Crippen LogP) is 1.98. The van der Waals surface area contributed by atoms with Crippen LogP contribution in [0.5, 0.6) is 0 Å². The monoisotopic (exact) mass is 394 g/mol. The minimum absolute atomic E-state index is 0.0171. The van der Waals surface area contributed by atoms with E-state index in [1.54, 1.807) is 0 Å². The molecule has 1 aliphatic heterocycles. The Bertz CT molecular complexity index is 774. The Morgan fingerprint density at radius 1 is 1.07 bits per heavy atom. The number of carbonyl (C=O) groups is 2. The number of guanidine groups is 1. The van der Waals surface area contributed by atoms with Crippen LogP contribution in [-0.2, 0) is 16.0 Å². The van der Waals surface area contributed by atoms with E-state index in [4.69, 9.17) is 0 Å². The molecule has 1 aromatic rings. The van der Waals surface area contributed by atoms with Crippen LogP contribution in [0.25, 0.3) is 0 Å². The van der Waals surface area contributed by atoms with Crippen molar-refractivity contribution in [3.8, 4) is 0 Å². The number of amides is 2. The summed E-state index contributed by atoms with van der Waals surface area (Å²) in [5, 5.41) is 6.50. The van der Waals surface area contributed by atoms with Gasteiger partial charge in [0.05, 0.1) is 11.8 Å². The molecule has 1 heterocycles. The molecule has 2 fully saturated rings. The van der Waals surface area contributed by atoms with Gasteiger partial charge in [0.1, 0.15) is 0 Å². The van der Waals surface area contributed by atoms with Gasteiger partial charge in [0.25, 0.3) is 0 Å². The number of likely N-dealkylation sites (tertiary alicyclic amines) is 1. The summed E-state index contributed by atoms with van der Waals surface area (Å²) in [7, 11) is 0. The van der Waals surface area contributed by atoms with E-state index in [9.17, 15) is 9.59 Å². The molecule has 6 heteroatoms. The van der Waals surface area contributed by atoms with Gasteiger partial charge in [-0.15, -0.1) is 0 Å². The molecule has 2 bridgehead atoms. The molecule has 29 heavy (non-hydrogen) atoms. The number of hydrogen-bond donors (Lipinski definition) is 2. The second-order valence-electron chi connectivity index (χ2n) is 8.10. The van der Waals surface area contributed by atoms with Gasteiger partial charge >= 0.3 is 0 Å². The smallest absolute Gasteiger partial charge is 0.233 e. The second-order valence-corrected chi connectivity index (χ2v) is 8.10. The van der Waals surface area contributed by atoms with Crippen LogP contribution in [0.1, 0.15) is 25.3 Å². The highest BCUT2D eigenvalue weighted by Gasteiger charge is 2.58. The Kier molecular flexibility index (Phi) is 5.97. The number of aliphatic imine (C=N–C) groups is 1. The summed E-state index contributed by atoms with van der Waals surface area (Å²) in [4.78, 5) is 31.5. The fourth-order valence-electron chi connectivity index (χ4n) is 4.93. The van der Waals surface area contributed by atoms with Crippen molar-refractivity contribution in [2.75, 3.05) is 26.2 Å². The number of nitrogens with zero attached hydrogens (tertiary/aromatic N) is 2. The van der Waals surface area contributed by atoms with Crippen molar-refractivity contribution in [1.82, 2.24) is 15.5 Å². The summed E-state index contributed by atoms with van der Waals surface area (Å²) in [5.74, 6) is 1.08. The summed E-state index contributed by atoms with van der Waals surface area (Å²) in [5.41, 5.74) is 1.32. The predicted molar refractivity (Wildman–Crippen MR) is 113 cm³/mol. The van der Waals surface area contributed by atoms with E-state index in [0.717, 1.165) is 38.3 Å². The molecule has 154 valence electrons. The van der Waals surface area contributed by atoms with E-state index >= 15 is 0 Å². The zero-order valence-electron chi connectivity index (χ0n) is 17.0. The lowest BCUT2D eigenvalue weighted by atomic mass is 9.85. The Hall–Kier alpha value is -2.63. The number of aryl methyl sites for hydroxylation is 1. The number of rotatable bonds is 8. The van der Waals surface area contributed by atoms with Gasteiger partial charge in [0, 0.05) is 26.2 Å². The maximum absolute atomic E-state index is 12.7. The third kappa shape index (κ3) is 4.07. The van der Waals surface area contributed by atoms with E-state index in [-0.39, 0.29) is 35.5 Å². The van der Waals surface area contributed by atoms with Crippen LogP contribution in [0.15, 0.2) is 47.5 Å². The molecule has 4 rings (SSSR count). The zero-order valence-corrected chi connectivity index (χ0v) is 17.0. The third-order valence-corrected chi connectivity index (χ3v) is 6.27. The largest absolute Gasteiger partial charge is 0.357 e. The number of imide groups is 1. The van der Waals surface area contributed by atoms with E-state index in [1.165, 1.54) is 10.5 Å². The van der Waals surface area contributed by atoms with Gasteiger partial charge in [-0.2, -0.15) is 0 Å². The quantitative estimate of drug-likeness (QED) is 0.232. The first kappa shape index (κ1) is 19.7. The average molecular weight is 395 g/mol. The normalized spacial score (nSPS) is 27.6. The number of carbonyl (C=O) groups excluding carboxylic acids is 2. The summed E-state index contributed by atoms with van der Waals surface area (Å²) >= 11 is 0. The van der Waals surface area contributed by atoms with Crippen molar-refractivity contribution in [2.24, 2.45) is 28.7 Å². The molecule has 0 radical (unpaired) electrons. The van der Waals surface area contributed by atoms with Crippen molar-refractivity contribution >= 4 is 17.8 Å². The number of allylic oxidation sites excluding steroid dienone is 2. The number of fused-ring (bicyclic) bond motifs is 5. The highest BCUT2D eigenvalue weighted by atomic mass is 16.2. The van der Waals surface area contributed by atoms with Gasteiger partial charge in [-0.1, -0.05) is 42.5 Å². The van der Waals surface area contributed by atoms with Crippen LogP contribution in [0.2, 0.25) is 0 Å². The van der Waals surface area contributed by atoms with Gasteiger partial charge in [0.2, 0.25) is 11.8 Å². The maximum atomic E-state index is 12.7. The highest BCUT2D eigenvalue weighted by Crippen LogP contribution is 2.52. The Labute approximate surface area is 172 Å². The van der Waals surface area contributed by atoms with Crippen LogP contribution in [0.4, 0.5) is 0 Å². The molecule has 1 aromatic carbocycles. The fourth-order valence-corrected chi connectivity index (χ4v) is 4.93. The standard InChI is InChI=1S/C23H30N4O2/c1-2-24-23(25-12-6-9-16-7-4-3-5-8-16)26-13-14-27-21(28)19-17-10-11-18(15-17)20(19)22(27)29/h3-5,7-8,10-11,17-20H,2,6,9,12-15H2,1H3,(H2,24,25,26). The average Bonchev–Trinajstić information content (AvgIpc) is 3.41. The van der Waals surface area contributed by atoms with E-state index in [2.05, 4.69) is 52.0 Å². The van der Waals surface area contributed by atoms with Gasteiger partial charge in [0.15, 0.2) is 5.96 Å². The number of benzene rings is 1. The third-order valence-electron chi connectivity index (χ3n) is 6.27. The molecule has 0 spiro atoms. The molecular formula is C23H30N4O2. The van der Waals surface area contributed by atoms with Crippen LogP contribution in [0, 0.1) is 23.7 Å². The molecule has 1 saturated heterocycles. The lowest BCUT2D eigenvalue weighted by Crippen LogP contribution is -2.43. The Morgan fingerprint density at radius 2 is 1.76 bits per heavy atom. The van der Waals surface area contributed by atoms with Crippen LogP contribution >= 0.6 is 0 Å². The molecule has 4 unspecified atom stereocenters. The van der Waals surface area contributed by atoms with E-state index < -0.39 is 0 Å². The SMILES string of the molecule is CCNC(=NCCCc1ccccc1)NCCN1C(=O)C2C3C=CC(C3)C2C1=O. The van der Waals surface area contributed by atoms with Gasteiger partial charge in [-0.3, -0.25) is 19.5 Å². The molecule has 1 saturated carbocycles. The first-order chi connectivity index (χ1) is 14.2. The summed E-state index contributed by atoms with van der Waals surface area (Å²) in [6.07, 6.45) is 7.20. The van der Waals surface area contributed by atoms with Crippen molar-refractivity contribution in [3.63, 3.8) is 0 Å². The fraction of sp³-hybridized carbons (Fsp3) is 0.522. The van der Waals surface area contributed by atoms with E-state index in [1.807, 2.05) is 13.0 Å². The topological polar surface area (TPSA) is 73.8 Å². The minimum atomic E-state index is -0.114. The Morgan fingerprint density at radius 3 is 2.41 bits per heavy atom. The van der Waals surface area contributed by atoms with Crippen LogP contribution in [-0.4, -0.2) is 48.9 Å². The number of hydrogen-bond acceptors (Lipinski definition) is 3. The van der Waals surface area contributed by atoms with Crippen LogP contribution in [0.3, 0.4) is 0 Å². The van der Waals surface area contributed by atoms with Crippen LogP contribution < -0.4 is 10.6 Å². The molecule has 2 amide bonds. The first-order valence-electron chi connectivity index (χ1n) is 10.8. The lowest BCUT2D eigenvalue weighted by molar-refractivity contribution is -0.140. The summed E-state index contributed by atoms with van der Waals surface area (Å²) < 4.78 is 0. The molecule has 6 nitrogen and oxygen atoms in total. The number of nitrogens with one attached hydrogen (secondary N) is 2. The minimum Gasteiger partial charge on any atom is -0.357 e. The maximum Gasteiger partial charge on any atom is 0.233 e. The molecule has 0 aromatic heterocycles. The molecule has 4 atom stereocenters. The molecule has 3 aliphatic rings. The summed E-state index contributed by atoms with van der Waals surface area (Å²) in [6, 6.07) is 10.4. The van der Waals surface area contributed by atoms with Crippen molar-refractivity contribution in [1.29, 1.82) is 0 Å². The molecular weight excluding hydrogens is 364 g/mol. The lowest BCUT2D eigenvalue weighted by Gasteiger charge is -2.18. The zero-order chi connectivity index (χ0) is 20.2.